The van der Waals surface area contributed by atoms with Crippen molar-refractivity contribution >= 4 is 57.8 Å². The standard InChI is InChI=1S/C55H68N10O5/c1-34(2)64-33-56-46-31-45(58-50(49(46)64)57-39-9-10-39)37-8-14-44-47(28-37)65(42-29-41(30-42)60-21-4-3-5-22-60)54(70)55(44)19-26-62(27-20-55)53(69)38-18-25-63(32-38)52(68)36-16-23-61(24-17-36)40-11-6-35(7-12-40)43-13-15-48(66)59-51(43)67/h6-8,11-12,14,28,31,33-34,36,38-39,41-43H,3-5,9-10,13,15-27,29-30,32H2,1-2H3,(H,57,58)(H,59,66,67)/t38-,41?,42?,43-/m1/s1. The van der Waals surface area contributed by atoms with Gasteiger partial charge in [-0.3, -0.25) is 29.3 Å². The molecule has 8 heterocycles. The van der Waals surface area contributed by atoms with E-state index in [9.17, 15) is 19.2 Å². The number of carbonyl (C=O) groups is 5. The number of piperidine rings is 4. The van der Waals surface area contributed by atoms with Crippen molar-refractivity contribution in [2.75, 3.05) is 67.5 Å². The number of benzene rings is 2. The third-order valence-electron chi connectivity index (χ3n) is 17.6. The zero-order chi connectivity index (χ0) is 47.8. The quantitative estimate of drug-likeness (QED) is 0.163. The van der Waals surface area contributed by atoms with Gasteiger partial charge in [0.15, 0.2) is 5.82 Å². The number of rotatable bonds is 10. The Bertz CT molecular complexity index is 2700. The Morgan fingerprint density at radius 1 is 0.771 bits per heavy atom. The molecule has 5 saturated heterocycles. The van der Waals surface area contributed by atoms with Gasteiger partial charge in [0.05, 0.1) is 34.8 Å². The molecule has 15 nitrogen and oxygen atoms in total. The number of likely N-dealkylation sites (tertiary alicyclic amines) is 3. The Morgan fingerprint density at radius 2 is 1.50 bits per heavy atom. The molecule has 2 aromatic heterocycles. The van der Waals surface area contributed by atoms with Crippen molar-refractivity contribution in [1.82, 2.24) is 34.6 Å². The number of hydrogen-bond donors (Lipinski definition) is 2. The molecule has 4 aromatic rings. The number of nitrogens with one attached hydrogen (secondary N) is 2. The summed E-state index contributed by atoms with van der Waals surface area (Å²) >= 11 is 0. The van der Waals surface area contributed by atoms with Crippen LogP contribution in [0.4, 0.5) is 17.2 Å². The predicted octanol–water partition coefficient (Wildman–Crippen LogP) is 6.76. The van der Waals surface area contributed by atoms with Crippen molar-refractivity contribution in [2.24, 2.45) is 11.8 Å². The second-order valence-corrected chi connectivity index (χ2v) is 22.2. The van der Waals surface area contributed by atoms with Crippen molar-refractivity contribution in [3.63, 3.8) is 0 Å². The number of carbonyl (C=O) groups excluding carboxylic acids is 5. The highest BCUT2D eigenvalue weighted by molar-refractivity contribution is 6.09. The first-order valence-corrected chi connectivity index (χ1v) is 26.6. The number of amides is 5. The minimum absolute atomic E-state index is 0.0749. The van der Waals surface area contributed by atoms with Crippen molar-refractivity contribution in [1.29, 1.82) is 0 Å². The number of pyridine rings is 1. The number of hydrogen-bond acceptors (Lipinski definition) is 10. The molecule has 368 valence electrons. The van der Waals surface area contributed by atoms with E-state index in [1.165, 1.54) is 19.3 Å². The first-order chi connectivity index (χ1) is 34.0. The summed E-state index contributed by atoms with van der Waals surface area (Å²) in [5, 5.41) is 6.16. The summed E-state index contributed by atoms with van der Waals surface area (Å²) in [4.78, 5) is 88.6. The Hall–Kier alpha value is -5.83. The van der Waals surface area contributed by atoms with Gasteiger partial charge in [-0.25, -0.2) is 9.97 Å². The van der Waals surface area contributed by atoms with Gasteiger partial charge in [0.25, 0.3) is 0 Å². The molecule has 1 spiro atoms. The molecule has 2 aromatic carbocycles. The number of anilines is 3. The first-order valence-electron chi connectivity index (χ1n) is 26.6. The van der Waals surface area contributed by atoms with E-state index in [-0.39, 0.29) is 59.4 Å². The number of fused-ring (bicyclic) bond motifs is 3. The maximum Gasteiger partial charge on any atom is 0.238 e. The van der Waals surface area contributed by atoms with Gasteiger partial charge >= 0.3 is 0 Å². The average Bonchev–Trinajstić information content (AvgIpc) is 3.75. The second kappa shape index (κ2) is 18.1. The summed E-state index contributed by atoms with van der Waals surface area (Å²) in [6.45, 7) is 10.2. The summed E-state index contributed by atoms with van der Waals surface area (Å²) in [7, 11) is 0. The lowest BCUT2D eigenvalue weighted by Crippen LogP contribution is -2.58. The molecule has 2 atom stereocenters. The van der Waals surface area contributed by atoms with Crippen molar-refractivity contribution in [3.05, 3.63) is 66.0 Å². The fourth-order valence-electron chi connectivity index (χ4n) is 13.2. The van der Waals surface area contributed by atoms with Crippen molar-refractivity contribution < 1.29 is 24.0 Å². The Labute approximate surface area is 410 Å². The third kappa shape index (κ3) is 8.13. The maximum absolute atomic E-state index is 15.2. The lowest BCUT2D eigenvalue weighted by Gasteiger charge is -2.48. The van der Waals surface area contributed by atoms with Crippen LogP contribution in [0.5, 0.6) is 0 Å². The monoisotopic (exact) mass is 949 g/mol. The largest absolute Gasteiger partial charge is 0.371 e. The Morgan fingerprint density at radius 3 is 2.21 bits per heavy atom. The van der Waals surface area contributed by atoms with Crippen LogP contribution >= 0.6 is 0 Å². The Balaban J connectivity index is 0.712. The molecule has 8 aliphatic rings. The van der Waals surface area contributed by atoms with E-state index in [1.54, 1.807) is 0 Å². The topological polar surface area (TPSA) is 156 Å². The molecule has 2 N–H and O–H groups in total. The van der Waals surface area contributed by atoms with Crippen molar-refractivity contribution in [2.45, 2.75) is 139 Å². The fourth-order valence-corrected chi connectivity index (χ4v) is 13.2. The zero-order valence-electron chi connectivity index (χ0n) is 40.9. The summed E-state index contributed by atoms with van der Waals surface area (Å²) in [5.41, 5.74) is 7.18. The average molecular weight is 949 g/mol. The van der Waals surface area contributed by atoms with Crippen molar-refractivity contribution in [3.8, 4) is 11.3 Å². The summed E-state index contributed by atoms with van der Waals surface area (Å²) in [6, 6.07) is 18.0. The second-order valence-electron chi connectivity index (χ2n) is 22.2. The number of imidazole rings is 1. The van der Waals surface area contributed by atoms with Crippen LogP contribution in [0.2, 0.25) is 0 Å². The molecule has 15 heteroatoms. The first kappa shape index (κ1) is 45.3. The highest BCUT2D eigenvalue weighted by Gasteiger charge is 2.56. The highest BCUT2D eigenvalue weighted by Crippen LogP contribution is 2.52. The summed E-state index contributed by atoms with van der Waals surface area (Å²) in [6.07, 6.45) is 14.2. The number of aromatic nitrogens is 3. The molecule has 7 fully saturated rings. The molecule has 0 bridgehead atoms. The highest BCUT2D eigenvalue weighted by atomic mass is 16.2. The Kier molecular flexibility index (Phi) is 11.7. The van der Waals surface area contributed by atoms with E-state index >= 15 is 4.79 Å². The molecule has 6 aliphatic heterocycles. The molecule has 5 amide bonds. The van der Waals surface area contributed by atoms with Gasteiger partial charge in [-0.15, -0.1) is 0 Å². The molecular formula is C55H68N10O5. The zero-order valence-corrected chi connectivity index (χ0v) is 40.9. The maximum atomic E-state index is 15.2. The van der Waals surface area contributed by atoms with E-state index in [4.69, 9.17) is 9.97 Å². The molecule has 12 rings (SSSR count). The molecule has 2 aliphatic carbocycles. The van der Waals surface area contributed by atoms with E-state index in [0.29, 0.717) is 70.4 Å². The molecular weight excluding hydrogens is 881 g/mol. The third-order valence-corrected chi connectivity index (χ3v) is 17.6. The SMILES string of the molecule is CC(C)n1cnc2cc(-c3ccc4c(c3)N(C3CC(N5CCCCC5)C3)C(=O)C43CCN(C(=O)[C@@H]4CCN(C(=O)C5CCN(c6ccc([C@H]7CCC(=O)NC7=O)cc6)CC5)C4)CC3)nc(NC3CC3)c21. The fraction of sp³-hybridized carbons (Fsp3) is 0.582. The van der Waals surface area contributed by atoms with Gasteiger partial charge in [0, 0.05) is 92.7 Å². The number of nitrogens with zero attached hydrogens (tertiary/aromatic N) is 8. The van der Waals surface area contributed by atoms with E-state index in [2.05, 4.69) is 68.0 Å². The van der Waals surface area contributed by atoms with Gasteiger partial charge in [0.1, 0.15) is 5.52 Å². The van der Waals surface area contributed by atoms with Crippen LogP contribution in [0.3, 0.4) is 0 Å². The van der Waals surface area contributed by atoms with Gasteiger partial charge < -0.3 is 34.4 Å². The normalized spacial score (nSPS) is 26.3. The van der Waals surface area contributed by atoms with Crippen LogP contribution in [0, 0.1) is 11.8 Å². The van der Waals surface area contributed by atoms with Gasteiger partial charge in [-0.1, -0.05) is 30.7 Å². The van der Waals surface area contributed by atoms with E-state index in [0.717, 1.165) is 115 Å². The van der Waals surface area contributed by atoms with Gasteiger partial charge in [-0.05, 0) is 139 Å². The predicted molar refractivity (Wildman–Crippen MR) is 268 cm³/mol. The van der Waals surface area contributed by atoms with Crippen LogP contribution < -0.4 is 20.4 Å². The van der Waals surface area contributed by atoms with E-state index < -0.39 is 5.41 Å². The van der Waals surface area contributed by atoms with Gasteiger partial charge in [-0.2, -0.15) is 0 Å². The van der Waals surface area contributed by atoms with Crippen LogP contribution in [0.1, 0.15) is 127 Å². The minimum Gasteiger partial charge on any atom is -0.371 e. The van der Waals surface area contributed by atoms with Crippen LogP contribution in [0.15, 0.2) is 54.9 Å². The molecule has 70 heavy (non-hydrogen) atoms. The van der Waals surface area contributed by atoms with E-state index in [1.807, 2.05) is 40.4 Å². The molecule has 0 unspecified atom stereocenters. The van der Waals surface area contributed by atoms with Crippen LogP contribution in [-0.2, 0) is 29.4 Å². The molecule has 2 saturated carbocycles. The lowest BCUT2D eigenvalue weighted by molar-refractivity contribution is -0.140. The van der Waals surface area contributed by atoms with Gasteiger partial charge in [0.2, 0.25) is 29.5 Å². The molecule has 0 radical (unpaired) electrons. The smallest absolute Gasteiger partial charge is 0.238 e. The van der Waals surface area contributed by atoms with Crippen LogP contribution in [0.25, 0.3) is 22.3 Å². The number of imide groups is 1. The summed E-state index contributed by atoms with van der Waals surface area (Å²) in [5.74, 6) is 0.272. The minimum atomic E-state index is -0.685. The summed E-state index contributed by atoms with van der Waals surface area (Å²) < 4.78 is 2.20. The van der Waals surface area contributed by atoms with Crippen LogP contribution in [-0.4, -0.2) is 129 Å². The lowest BCUT2D eigenvalue weighted by atomic mass is 9.73.